The maximum absolute atomic E-state index is 14.6. The van der Waals surface area contributed by atoms with Crippen LogP contribution in [0, 0.1) is 11.7 Å². The largest absolute Gasteiger partial charge is 0.348 e. The molecule has 0 radical (unpaired) electrons. The Bertz CT molecular complexity index is 1270. The van der Waals surface area contributed by atoms with Gasteiger partial charge < -0.3 is 14.9 Å². The number of hydrogen-bond acceptors (Lipinski definition) is 6. The van der Waals surface area contributed by atoms with Crippen LogP contribution < -0.4 is 5.32 Å². The molecule has 0 aliphatic heterocycles. The maximum atomic E-state index is 14.6. The topological polar surface area (TPSA) is 114 Å². The zero-order valence-electron chi connectivity index (χ0n) is 17.6. The number of carbonyl (C=O) groups excluding carboxylic acids is 1. The van der Waals surface area contributed by atoms with E-state index in [0.29, 0.717) is 29.3 Å². The number of H-pyrrole nitrogens is 1. The summed E-state index contributed by atoms with van der Waals surface area (Å²) in [6.07, 6.45) is 13.6. The molecule has 2 N–H and O–H groups in total. The molecule has 1 aliphatic rings. The summed E-state index contributed by atoms with van der Waals surface area (Å²) in [5.41, 5.74) is 2.22. The van der Waals surface area contributed by atoms with Crippen LogP contribution in [-0.2, 0) is 13.5 Å². The summed E-state index contributed by atoms with van der Waals surface area (Å²) in [6, 6.07) is 0.0402. The molecule has 0 bridgehead atoms. The third-order valence-corrected chi connectivity index (χ3v) is 5.95. The van der Waals surface area contributed by atoms with Gasteiger partial charge in [0.1, 0.15) is 17.7 Å². The lowest BCUT2D eigenvalue weighted by Crippen LogP contribution is -2.39. The summed E-state index contributed by atoms with van der Waals surface area (Å²) in [6.45, 7) is 0. The molecule has 4 aromatic heterocycles. The second-order valence-electron chi connectivity index (χ2n) is 8.31. The van der Waals surface area contributed by atoms with E-state index in [2.05, 4.69) is 35.2 Å². The van der Waals surface area contributed by atoms with Crippen molar-refractivity contribution < 1.29 is 9.18 Å². The minimum atomic E-state index is -0.413. The number of fused-ring (bicyclic) bond motifs is 1. The first kappa shape index (κ1) is 20.2. The van der Waals surface area contributed by atoms with Gasteiger partial charge in [-0.3, -0.25) is 4.79 Å². The Morgan fingerprint density at radius 2 is 2.19 bits per heavy atom. The van der Waals surface area contributed by atoms with Crippen LogP contribution in [0.15, 0.2) is 37.4 Å². The summed E-state index contributed by atoms with van der Waals surface area (Å²) in [5.74, 6) is 0.0809. The summed E-state index contributed by atoms with van der Waals surface area (Å²) in [7, 11) is 1.83. The van der Waals surface area contributed by atoms with Gasteiger partial charge in [-0.25, -0.2) is 29.3 Å². The fourth-order valence-electron chi connectivity index (χ4n) is 4.39. The molecule has 1 saturated carbocycles. The zero-order chi connectivity index (χ0) is 22.1. The molecule has 32 heavy (non-hydrogen) atoms. The maximum Gasteiger partial charge on any atom is 0.271 e. The van der Waals surface area contributed by atoms with Gasteiger partial charge in [0.25, 0.3) is 5.91 Å². The van der Waals surface area contributed by atoms with Crippen molar-refractivity contribution in [1.29, 1.82) is 0 Å². The van der Waals surface area contributed by atoms with Gasteiger partial charge in [0.05, 0.1) is 18.2 Å². The molecule has 4 heterocycles. The molecule has 164 valence electrons. The van der Waals surface area contributed by atoms with Gasteiger partial charge in [-0.2, -0.15) is 0 Å². The number of nitrogens with zero attached hydrogens (tertiary/aromatic N) is 6. The zero-order valence-corrected chi connectivity index (χ0v) is 17.6. The molecule has 10 heteroatoms. The molecule has 4 aromatic rings. The number of hydrogen-bond donors (Lipinski definition) is 2. The highest BCUT2D eigenvalue weighted by Gasteiger charge is 2.26. The van der Waals surface area contributed by atoms with Crippen molar-refractivity contribution in [2.24, 2.45) is 13.0 Å². The van der Waals surface area contributed by atoms with Gasteiger partial charge in [0, 0.05) is 42.6 Å². The van der Waals surface area contributed by atoms with Crippen molar-refractivity contribution >= 4 is 16.9 Å². The van der Waals surface area contributed by atoms with E-state index in [0.717, 1.165) is 36.6 Å². The fourth-order valence-corrected chi connectivity index (χ4v) is 4.39. The lowest BCUT2D eigenvalue weighted by atomic mass is 9.83. The Morgan fingerprint density at radius 3 is 3.03 bits per heavy atom. The second-order valence-corrected chi connectivity index (χ2v) is 8.31. The molecule has 0 aromatic carbocycles. The number of rotatable bonds is 5. The van der Waals surface area contributed by atoms with E-state index < -0.39 is 5.82 Å². The monoisotopic (exact) mass is 434 g/mol. The Kier molecular flexibility index (Phi) is 5.34. The van der Waals surface area contributed by atoms with Crippen molar-refractivity contribution in [3.05, 3.63) is 54.6 Å². The van der Waals surface area contributed by atoms with Gasteiger partial charge >= 0.3 is 0 Å². The molecule has 0 spiro atoms. The number of amides is 1. The standard InChI is InChI=1S/C22H23FN8O/c1-31-10-19(28-12-31)22(32)29-14-4-2-3-13(5-14)6-18-17(23)9-26-21(30-18)16-8-25-20-15(16)7-24-11-27-20/h7-14H,2-6H2,1H3,(H,29,32)(H,24,25,27)/t13-,14+/m1/s1. The quantitative estimate of drug-likeness (QED) is 0.499. The lowest BCUT2D eigenvalue weighted by molar-refractivity contribution is 0.0914. The Morgan fingerprint density at radius 1 is 1.28 bits per heavy atom. The van der Waals surface area contributed by atoms with Crippen LogP contribution in [0.4, 0.5) is 4.39 Å². The third kappa shape index (κ3) is 4.08. The summed E-state index contributed by atoms with van der Waals surface area (Å²) >= 11 is 0. The number of carbonyl (C=O) groups is 1. The van der Waals surface area contributed by atoms with Crippen LogP contribution >= 0.6 is 0 Å². The fraction of sp³-hybridized carbons (Fsp3) is 0.364. The van der Waals surface area contributed by atoms with Gasteiger partial charge in [0.2, 0.25) is 0 Å². The predicted molar refractivity (Wildman–Crippen MR) is 115 cm³/mol. The molecule has 0 unspecified atom stereocenters. The number of imidazole rings is 1. The molecular formula is C22H23FN8O. The van der Waals surface area contributed by atoms with Crippen molar-refractivity contribution in [2.75, 3.05) is 0 Å². The molecule has 2 atom stereocenters. The molecule has 5 rings (SSSR count). The van der Waals surface area contributed by atoms with Gasteiger partial charge in [-0.1, -0.05) is 6.42 Å². The Hall–Kier alpha value is -3.69. The first-order chi connectivity index (χ1) is 15.6. The van der Waals surface area contributed by atoms with E-state index in [4.69, 9.17) is 0 Å². The number of aromatic amines is 1. The van der Waals surface area contributed by atoms with Crippen molar-refractivity contribution in [1.82, 2.24) is 39.8 Å². The Balaban J connectivity index is 1.30. The van der Waals surface area contributed by atoms with Gasteiger partial charge in [-0.15, -0.1) is 0 Å². The first-order valence-corrected chi connectivity index (χ1v) is 10.6. The molecular weight excluding hydrogens is 411 g/mol. The Labute approximate surface area is 183 Å². The highest BCUT2D eigenvalue weighted by molar-refractivity contribution is 5.92. The summed E-state index contributed by atoms with van der Waals surface area (Å²) in [5, 5.41) is 3.87. The normalized spacial score (nSPS) is 18.7. The third-order valence-electron chi connectivity index (χ3n) is 5.95. The van der Waals surface area contributed by atoms with Crippen LogP contribution in [0.2, 0.25) is 0 Å². The van der Waals surface area contributed by atoms with E-state index in [9.17, 15) is 9.18 Å². The van der Waals surface area contributed by atoms with Crippen molar-refractivity contribution in [3.63, 3.8) is 0 Å². The number of halogens is 1. The van der Waals surface area contributed by atoms with Crippen LogP contribution in [0.3, 0.4) is 0 Å². The van der Waals surface area contributed by atoms with Crippen LogP contribution in [-0.4, -0.2) is 46.4 Å². The van der Waals surface area contributed by atoms with Crippen molar-refractivity contribution in [3.8, 4) is 11.4 Å². The van der Waals surface area contributed by atoms with Gasteiger partial charge in [0.15, 0.2) is 11.6 Å². The molecule has 0 saturated heterocycles. The predicted octanol–water partition coefficient (Wildman–Crippen LogP) is 2.82. The second kappa shape index (κ2) is 8.45. The van der Waals surface area contributed by atoms with E-state index in [1.54, 1.807) is 29.5 Å². The van der Waals surface area contributed by atoms with Crippen LogP contribution in [0.1, 0.15) is 41.9 Å². The average molecular weight is 434 g/mol. The van der Waals surface area contributed by atoms with E-state index >= 15 is 0 Å². The highest BCUT2D eigenvalue weighted by atomic mass is 19.1. The minimum absolute atomic E-state index is 0.0402. The summed E-state index contributed by atoms with van der Waals surface area (Å²) in [4.78, 5) is 36.6. The number of aromatic nitrogens is 7. The minimum Gasteiger partial charge on any atom is -0.348 e. The van der Waals surface area contributed by atoms with Gasteiger partial charge in [-0.05, 0) is 31.6 Å². The van der Waals surface area contributed by atoms with Crippen molar-refractivity contribution in [2.45, 2.75) is 38.1 Å². The molecule has 9 nitrogen and oxygen atoms in total. The number of aryl methyl sites for hydroxylation is 1. The SMILES string of the molecule is Cn1cnc(C(=O)N[C@H]2CCC[C@@H](Cc3nc(-c4c[nH]c5ncncc45)ncc3F)C2)c1. The molecule has 1 fully saturated rings. The average Bonchev–Trinajstić information content (AvgIpc) is 3.42. The van der Waals surface area contributed by atoms with E-state index in [-0.39, 0.29) is 17.9 Å². The molecule has 1 aliphatic carbocycles. The summed E-state index contributed by atoms with van der Waals surface area (Å²) < 4.78 is 16.3. The van der Waals surface area contributed by atoms with E-state index in [1.165, 1.54) is 12.5 Å². The van der Waals surface area contributed by atoms with Crippen LogP contribution in [0.25, 0.3) is 22.4 Å². The highest BCUT2D eigenvalue weighted by Crippen LogP contribution is 2.29. The van der Waals surface area contributed by atoms with E-state index in [1.807, 2.05) is 7.05 Å². The number of nitrogens with one attached hydrogen (secondary N) is 2. The van der Waals surface area contributed by atoms with Crippen LogP contribution in [0.5, 0.6) is 0 Å². The molecule has 1 amide bonds. The first-order valence-electron chi connectivity index (χ1n) is 10.6. The lowest BCUT2D eigenvalue weighted by Gasteiger charge is -2.29. The smallest absolute Gasteiger partial charge is 0.271 e.